The van der Waals surface area contributed by atoms with Gasteiger partial charge in [0.15, 0.2) is 5.78 Å². The Bertz CT molecular complexity index is 332. The Hall–Kier alpha value is -0.860. The van der Waals surface area contributed by atoms with Crippen molar-refractivity contribution in [1.29, 1.82) is 0 Å². The van der Waals surface area contributed by atoms with Crippen LogP contribution < -0.4 is 5.73 Å². The highest BCUT2D eigenvalue weighted by atomic mass is 35.5. The van der Waals surface area contributed by atoms with Gasteiger partial charge in [0, 0.05) is 10.6 Å². The molecule has 3 heteroatoms. The predicted octanol–water partition coefficient (Wildman–Crippen LogP) is 2.90. The highest BCUT2D eigenvalue weighted by molar-refractivity contribution is 6.30. The molecule has 1 atom stereocenters. The lowest BCUT2D eigenvalue weighted by molar-refractivity contribution is 0.0951. The molecule has 0 saturated heterocycles. The van der Waals surface area contributed by atoms with E-state index in [1.165, 1.54) is 0 Å². The van der Waals surface area contributed by atoms with Gasteiger partial charge >= 0.3 is 0 Å². The minimum absolute atomic E-state index is 0.0135. The molecule has 0 amide bonds. The van der Waals surface area contributed by atoms with Crippen molar-refractivity contribution < 1.29 is 4.79 Å². The molecule has 0 fully saturated rings. The normalized spacial score (nSPS) is 12.9. The number of hydrogen-bond donors (Lipinski definition) is 1. The third kappa shape index (κ3) is 3.65. The van der Waals surface area contributed by atoms with Crippen molar-refractivity contribution in [3.63, 3.8) is 0 Å². The first kappa shape index (κ1) is 12.2. The van der Waals surface area contributed by atoms with Crippen LogP contribution >= 0.6 is 11.6 Å². The van der Waals surface area contributed by atoms with Crippen molar-refractivity contribution in [3.05, 3.63) is 34.9 Å². The summed E-state index contributed by atoms with van der Waals surface area (Å²) in [6.45, 7) is 4.10. The van der Waals surface area contributed by atoms with E-state index in [1.807, 2.05) is 0 Å². The molecule has 0 heterocycles. The number of hydrogen-bond acceptors (Lipinski definition) is 2. The summed E-state index contributed by atoms with van der Waals surface area (Å²) < 4.78 is 0. The van der Waals surface area contributed by atoms with E-state index in [-0.39, 0.29) is 5.78 Å². The first-order valence-electron chi connectivity index (χ1n) is 5.06. The lowest BCUT2D eigenvalue weighted by Gasteiger charge is -2.12. The van der Waals surface area contributed by atoms with E-state index in [0.29, 0.717) is 22.9 Å². The number of nitrogens with two attached hydrogens (primary N) is 1. The Morgan fingerprint density at radius 2 is 1.87 bits per heavy atom. The van der Waals surface area contributed by atoms with Crippen molar-refractivity contribution in [3.8, 4) is 0 Å². The molecule has 2 nitrogen and oxygen atoms in total. The molecule has 1 aromatic rings. The summed E-state index contributed by atoms with van der Waals surface area (Å²) in [5.74, 6) is 0.414. The zero-order valence-corrected chi connectivity index (χ0v) is 9.79. The Morgan fingerprint density at radius 1 is 1.33 bits per heavy atom. The molecule has 0 aromatic heterocycles. The number of Topliss-reactive ketones (excluding diaryl/α,β-unsaturated/α-hetero) is 1. The van der Waals surface area contributed by atoms with Crippen molar-refractivity contribution >= 4 is 17.4 Å². The summed E-state index contributed by atoms with van der Waals surface area (Å²) in [6.07, 6.45) is 0.710. The van der Waals surface area contributed by atoms with Crippen LogP contribution in [0.4, 0.5) is 0 Å². The molecular weight excluding hydrogens is 210 g/mol. The van der Waals surface area contributed by atoms with Gasteiger partial charge in [0.2, 0.25) is 0 Å². The fourth-order valence-corrected chi connectivity index (χ4v) is 1.57. The molecule has 0 saturated carbocycles. The largest absolute Gasteiger partial charge is 0.321 e. The van der Waals surface area contributed by atoms with E-state index in [9.17, 15) is 4.79 Å². The first-order chi connectivity index (χ1) is 7.00. The molecule has 1 unspecified atom stereocenters. The number of carbonyl (C=O) groups is 1. The second kappa shape index (κ2) is 5.29. The molecule has 2 N–H and O–H groups in total. The second-order valence-electron chi connectivity index (χ2n) is 4.11. The lowest BCUT2D eigenvalue weighted by Crippen LogP contribution is -2.31. The van der Waals surface area contributed by atoms with Crippen molar-refractivity contribution in [2.45, 2.75) is 26.3 Å². The topological polar surface area (TPSA) is 43.1 Å². The molecule has 0 aliphatic heterocycles. The standard InChI is InChI=1S/C12H16ClNO/c1-8(2)7-11(14)12(15)9-3-5-10(13)6-4-9/h3-6,8,11H,7,14H2,1-2H3. The number of ketones is 1. The summed E-state index contributed by atoms with van der Waals surface area (Å²) in [5.41, 5.74) is 6.44. The van der Waals surface area contributed by atoms with E-state index in [4.69, 9.17) is 17.3 Å². The summed E-state index contributed by atoms with van der Waals surface area (Å²) in [6, 6.07) is 6.43. The van der Waals surface area contributed by atoms with Crippen molar-refractivity contribution in [2.75, 3.05) is 0 Å². The van der Waals surface area contributed by atoms with Gasteiger partial charge in [0.1, 0.15) is 0 Å². The van der Waals surface area contributed by atoms with Crippen LogP contribution in [0.2, 0.25) is 5.02 Å². The third-order valence-electron chi connectivity index (χ3n) is 2.19. The van der Waals surface area contributed by atoms with Crippen LogP contribution in [0.15, 0.2) is 24.3 Å². The fourth-order valence-electron chi connectivity index (χ4n) is 1.44. The van der Waals surface area contributed by atoms with Crippen molar-refractivity contribution in [2.24, 2.45) is 11.7 Å². The Labute approximate surface area is 95.4 Å². The summed E-state index contributed by atoms with van der Waals surface area (Å²) >= 11 is 5.74. The van der Waals surface area contributed by atoms with Gasteiger partial charge in [-0.1, -0.05) is 25.4 Å². The number of halogens is 1. The predicted molar refractivity (Wildman–Crippen MR) is 63.2 cm³/mol. The third-order valence-corrected chi connectivity index (χ3v) is 2.44. The Morgan fingerprint density at radius 3 is 2.33 bits per heavy atom. The molecule has 15 heavy (non-hydrogen) atoms. The monoisotopic (exact) mass is 225 g/mol. The van der Waals surface area contributed by atoms with Gasteiger partial charge in [-0.2, -0.15) is 0 Å². The molecule has 1 aromatic carbocycles. The maximum absolute atomic E-state index is 11.8. The van der Waals surface area contributed by atoms with E-state index in [1.54, 1.807) is 24.3 Å². The van der Waals surface area contributed by atoms with Gasteiger partial charge in [0.25, 0.3) is 0 Å². The van der Waals surface area contributed by atoms with Gasteiger partial charge in [-0.3, -0.25) is 4.79 Å². The molecule has 0 bridgehead atoms. The maximum atomic E-state index is 11.8. The van der Waals surface area contributed by atoms with Gasteiger partial charge in [-0.05, 0) is 36.6 Å². The van der Waals surface area contributed by atoms with E-state index in [2.05, 4.69) is 13.8 Å². The van der Waals surface area contributed by atoms with Crippen LogP contribution in [-0.2, 0) is 0 Å². The van der Waals surface area contributed by atoms with E-state index in [0.717, 1.165) is 0 Å². The number of benzene rings is 1. The smallest absolute Gasteiger partial charge is 0.179 e. The minimum Gasteiger partial charge on any atom is -0.321 e. The molecule has 1 rings (SSSR count). The van der Waals surface area contributed by atoms with Crippen LogP contribution in [0.3, 0.4) is 0 Å². The van der Waals surface area contributed by atoms with Crippen LogP contribution in [0.25, 0.3) is 0 Å². The highest BCUT2D eigenvalue weighted by Gasteiger charge is 2.16. The van der Waals surface area contributed by atoms with Gasteiger partial charge in [-0.15, -0.1) is 0 Å². The van der Waals surface area contributed by atoms with Gasteiger partial charge in [-0.25, -0.2) is 0 Å². The van der Waals surface area contributed by atoms with Crippen molar-refractivity contribution in [1.82, 2.24) is 0 Å². The zero-order valence-electron chi connectivity index (χ0n) is 9.03. The van der Waals surface area contributed by atoms with Gasteiger partial charge < -0.3 is 5.73 Å². The van der Waals surface area contributed by atoms with Crippen LogP contribution in [-0.4, -0.2) is 11.8 Å². The summed E-state index contributed by atoms with van der Waals surface area (Å²) in [4.78, 5) is 11.8. The fraction of sp³-hybridized carbons (Fsp3) is 0.417. The Kier molecular flexibility index (Phi) is 4.30. The Balaban J connectivity index is 2.72. The van der Waals surface area contributed by atoms with E-state index < -0.39 is 6.04 Å². The minimum atomic E-state index is -0.411. The van der Waals surface area contributed by atoms with Crippen LogP contribution in [0.1, 0.15) is 30.6 Å². The summed E-state index contributed by atoms with van der Waals surface area (Å²) in [7, 11) is 0. The summed E-state index contributed by atoms with van der Waals surface area (Å²) in [5, 5.41) is 0.629. The van der Waals surface area contributed by atoms with Crippen LogP contribution in [0, 0.1) is 5.92 Å². The molecule has 82 valence electrons. The van der Waals surface area contributed by atoms with E-state index >= 15 is 0 Å². The van der Waals surface area contributed by atoms with Crippen LogP contribution in [0.5, 0.6) is 0 Å². The average molecular weight is 226 g/mol. The molecular formula is C12H16ClNO. The maximum Gasteiger partial charge on any atom is 0.179 e. The SMILES string of the molecule is CC(C)CC(N)C(=O)c1ccc(Cl)cc1. The molecule has 0 aliphatic carbocycles. The zero-order chi connectivity index (χ0) is 11.4. The number of rotatable bonds is 4. The quantitative estimate of drug-likeness (QED) is 0.801. The average Bonchev–Trinajstić information content (AvgIpc) is 2.17. The molecule has 0 radical (unpaired) electrons. The molecule has 0 aliphatic rings. The highest BCUT2D eigenvalue weighted by Crippen LogP contribution is 2.13. The lowest BCUT2D eigenvalue weighted by atomic mass is 9.97. The van der Waals surface area contributed by atoms with Gasteiger partial charge in [0.05, 0.1) is 6.04 Å². The second-order valence-corrected chi connectivity index (χ2v) is 4.54. The molecule has 0 spiro atoms. The first-order valence-corrected chi connectivity index (χ1v) is 5.44. The number of carbonyl (C=O) groups excluding carboxylic acids is 1.